The van der Waals surface area contributed by atoms with Gasteiger partial charge in [0.15, 0.2) is 0 Å². The van der Waals surface area contributed by atoms with Crippen LogP contribution in [-0.4, -0.2) is 65.5 Å². The zero-order valence-corrected chi connectivity index (χ0v) is 18.7. The molecule has 2 aromatic carbocycles. The summed E-state index contributed by atoms with van der Waals surface area (Å²) in [6, 6.07) is 14.5. The van der Waals surface area contributed by atoms with Gasteiger partial charge in [0.25, 0.3) is 0 Å². The molecule has 1 fully saturated rings. The Kier molecular flexibility index (Phi) is 8.65. The van der Waals surface area contributed by atoms with Crippen LogP contribution in [0.4, 0.5) is 0 Å². The van der Waals surface area contributed by atoms with Crippen LogP contribution < -0.4 is 5.32 Å². The van der Waals surface area contributed by atoms with Gasteiger partial charge in [-0.1, -0.05) is 36.4 Å². The molecule has 30 heavy (non-hydrogen) atoms. The molecule has 0 radical (unpaired) electrons. The topological polar surface area (TPSA) is 72.9 Å². The molecule has 2 N–H and O–H groups in total. The van der Waals surface area contributed by atoms with Crippen molar-refractivity contribution in [1.29, 1.82) is 0 Å². The summed E-state index contributed by atoms with van der Waals surface area (Å²) in [6.45, 7) is 5.62. The molecule has 2 atom stereocenters. The molecule has 1 saturated heterocycles. The number of carboxylic acids is 1. The lowest BCUT2D eigenvalue weighted by Crippen LogP contribution is -2.51. The third kappa shape index (κ3) is 5.94. The van der Waals surface area contributed by atoms with Gasteiger partial charge >= 0.3 is 5.97 Å². The van der Waals surface area contributed by atoms with E-state index in [1.807, 2.05) is 37.9 Å². The molecule has 0 saturated carbocycles. The normalized spacial score (nSPS) is 17.3. The van der Waals surface area contributed by atoms with Crippen LogP contribution in [0, 0.1) is 0 Å². The Morgan fingerprint density at radius 1 is 1.13 bits per heavy atom. The maximum atomic E-state index is 12.8. The van der Waals surface area contributed by atoms with E-state index in [2.05, 4.69) is 40.5 Å². The number of hydrogen-bond donors (Lipinski definition) is 2. The zero-order chi connectivity index (χ0) is 21.0. The quantitative estimate of drug-likeness (QED) is 0.700. The smallest absolute Gasteiger partial charge is 0.317 e. The first kappa shape index (κ1) is 24.1. The van der Waals surface area contributed by atoms with E-state index < -0.39 is 5.97 Å². The van der Waals surface area contributed by atoms with Crippen molar-refractivity contribution in [3.8, 4) is 0 Å². The van der Waals surface area contributed by atoms with E-state index in [1.54, 1.807) is 0 Å². The van der Waals surface area contributed by atoms with Gasteiger partial charge in [0.1, 0.15) is 0 Å². The van der Waals surface area contributed by atoms with Gasteiger partial charge in [-0.3, -0.25) is 19.4 Å². The minimum absolute atomic E-state index is 0. The van der Waals surface area contributed by atoms with Crippen molar-refractivity contribution >= 4 is 35.1 Å². The number of nitrogens with zero attached hydrogens (tertiary/aromatic N) is 2. The van der Waals surface area contributed by atoms with Gasteiger partial charge in [0, 0.05) is 19.1 Å². The van der Waals surface area contributed by atoms with Crippen LogP contribution in [0.3, 0.4) is 0 Å². The highest BCUT2D eigenvalue weighted by Crippen LogP contribution is 2.21. The number of halogens is 1. The van der Waals surface area contributed by atoms with Gasteiger partial charge in [-0.15, -0.1) is 12.4 Å². The summed E-state index contributed by atoms with van der Waals surface area (Å²) < 4.78 is 0. The molecule has 0 spiro atoms. The number of carboxylic acid groups (broad SMARTS) is 1. The SMILES string of the molecule is CC(NC(=O)C(C)N1CCC(N(C)CC(=O)O)CC1)c1ccc2ccccc2c1.Cl. The molecule has 0 aromatic heterocycles. The maximum absolute atomic E-state index is 12.8. The Morgan fingerprint density at radius 2 is 1.77 bits per heavy atom. The Hall–Kier alpha value is -2.15. The highest BCUT2D eigenvalue weighted by atomic mass is 35.5. The second-order valence-electron chi connectivity index (χ2n) is 8.09. The van der Waals surface area contributed by atoms with Crippen LogP contribution in [-0.2, 0) is 9.59 Å². The summed E-state index contributed by atoms with van der Waals surface area (Å²) >= 11 is 0. The third-order valence-corrected chi connectivity index (χ3v) is 6.07. The zero-order valence-electron chi connectivity index (χ0n) is 17.9. The molecule has 0 bridgehead atoms. The molecule has 0 aliphatic carbocycles. The van der Waals surface area contributed by atoms with Gasteiger partial charge in [-0.25, -0.2) is 0 Å². The first-order valence-electron chi connectivity index (χ1n) is 10.3. The number of likely N-dealkylation sites (tertiary alicyclic amines) is 1. The second-order valence-corrected chi connectivity index (χ2v) is 8.09. The van der Waals surface area contributed by atoms with Crippen LogP contribution in [0.2, 0.25) is 0 Å². The third-order valence-electron chi connectivity index (χ3n) is 6.07. The van der Waals surface area contributed by atoms with E-state index in [-0.39, 0.29) is 43.0 Å². The molecule has 1 heterocycles. The summed E-state index contributed by atoms with van der Waals surface area (Å²) in [6.07, 6.45) is 1.75. The molecular weight excluding hydrogens is 402 g/mol. The van der Waals surface area contributed by atoms with Crippen molar-refractivity contribution in [2.75, 3.05) is 26.7 Å². The van der Waals surface area contributed by atoms with E-state index in [4.69, 9.17) is 5.11 Å². The molecule has 1 aliphatic heterocycles. The number of piperidine rings is 1. The molecule has 7 heteroatoms. The summed E-state index contributed by atoms with van der Waals surface area (Å²) in [5, 5.41) is 14.5. The lowest BCUT2D eigenvalue weighted by molar-refractivity contribution is -0.138. The van der Waals surface area contributed by atoms with Crippen molar-refractivity contribution < 1.29 is 14.7 Å². The number of carbonyl (C=O) groups is 2. The van der Waals surface area contributed by atoms with Gasteiger partial charge < -0.3 is 10.4 Å². The number of likely N-dealkylation sites (N-methyl/N-ethyl adjacent to an activating group) is 1. The second kappa shape index (κ2) is 10.8. The average Bonchev–Trinajstić information content (AvgIpc) is 2.72. The van der Waals surface area contributed by atoms with E-state index >= 15 is 0 Å². The summed E-state index contributed by atoms with van der Waals surface area (Å²) in [4.78, 5) is 27.8. The molecule has 2 aromatic rings. The highest BCUT2D eigenvalue weighted by molar-refractivity contribution is 5.85. The van der Waals surface area contributed by atoms with E-state index in [0.29, 0.717) is 0 Å². The van der Waals surface area contributed by atoms with Crippen LogP contribution in [0.25, 0.3) is 10.8 Å². The lowest BCUT2D eigenvalue weighted by Gasteiger charge is -2.38. The molecule has 3 rings (SSSR count). The summed E-state index contributed by atoms with van der Waals surface area (Å²) in [5.74, 6) is -0.770. The molecule has 1 amide bonds. The van der Waals surface area contributed by atoms with E-state index in [9.17, 15) is 9.59 Å². The Labute approximate surface area is 184 Å². The first-order valence-corrected chi connectivity index (χ1v) is 10.3. The fourth-order valence-electron chi connectivity index (χ4n) is 4.12. The fraction of sp³-hybridized carbons (Fsp3) is 0.478. The van der Waals surface area contributed by atoms with Crippen LogP contribution in [0.15, 0.2) is 42.5 Å². The van der Waals surface area contributed by atoms with Gasteiger partial charge in [0.2, 0.25) is 5.91 Å². The predicted octanol–water partition coefficient (Wildman–Crippen LogP) is 3.31. The largest absolute Gasteiger partial charge is 0.480 e. The minimum Gasteiger partial charge on any atom is -0.480 e. The number of nitrogens with one attached hydrogen (secondary N) is 1. The number of aliphatic carboxylic acids is 1. The number of fused-ring (bicyclic) bond motifs is 1. The van der Waals surface area contributed by atoms with Crippen molar-refractivity contribution in [3.05, 3.63) is 48.0 Å². The van der Waals surface area contributed by atoms with Gasteiger partial charge in [-0.05, 0) is 56.1 Å². The molecule has 6 nitrogen and oxygen atoms in total. The standard InChI is InChI=1S/C23H31N3O3.ClH/c1-16(19-9-8-18-6-4-5-7-20(18)14-19)24-23(29)17(2)26-12-10-21(11-13-26)25(3)15-22(27)28;/h4-9,14,16-17,21H,10-13,15H2,1-3H3,(H,24,29)(H,27,28);1H. The number of hydrogen-bond acceptors (Lipinski definition) is 4. The van der Waals surface area contributed by atoms with Crippen LogP contribution in [0.5, 0.6) is 0 Å². The summed E-state index contributed by atoms with van der Waals surface area (Å²) in [7, 11) is 1.86. The van der Waals surface area contributed by atoms with Crippen molar-refractivity contribution in [3.63, 3.8) is 0 Å². The number of benzene rings is 2. The minimum atomic E-state index is -0.801. The monoisotopic (exact) mass is 433 g/mol. The van der Waals surface area contributed by atoms with Crippen molar-refractivity contribution in [2.24, 2.45) is 0 Å². The Balaban J connectivity index is 0.00000320. The number of amides is 1. The van der Waals surface area contributed by atoms with Crippen LogP contribution in [0.1, 0.15) is 38.3 Å². The number of rotatable bonds is 7. The first-order chi connectivity index (χ1) is 13.8. The Bertz CT molecular complexity index is 868. The number of carbonyl (C=O) groups excluding carboxylic acids is 1. The average molecular weight is 434 g/mol. The van der Waals surface area contributed by atoms with E-state index in [0.717, 1.165) is 31.5 Å². The predicted molar refractivity (Wildman–Crippen MR) is 122 cm³/mol. The summed E-state index contributed by atoms with van der Waals surface area (Å²) in [5.41, 5.74) is 1.10. The van der Waals surface area contributed by atoms with Gasteiger partial charge in [-0.2, -0.15) is 0 Å². The highest BCUT2D eigenvalue weighted by Gasteiger charge is 2.29. The van der Waals surface area contributed by atoms with Crippen LogP contribution >= 0.6 is 12.4 Å². The lowest BCUT2D eigenvalue weighted by atomic mass is 10.0. The maximum Gasteiger partial charge on any atom is 0.317 e. The molecule has 2 unspecified atom stereocenters. The molecular formula is C23H32ClN3O3. The molecule has 164 valence electrons. The Morgan fingerprint density at radius 3 is 2.40 bits per heavy atom. The fourth-order valence-corrected chi connectivity index (χ4v) is 4.12. The molecule has 1 aliphatic rings. The van der Waals surface area contributed by atoms with Crippen molar-refractivity contribution in [2.45, 2.75) is 44.8 Å². The van der Waals surface area contributed by atoms with E-state index in [1.165, 1.54) is 10.8 Å². The van der Waals surface area contributed by atoms with Crippen molar-refractivity contribution in [1.82, 2.24) is 15.1 Å². The van der Waals surface area contributed by atoms with Gasteiger partial charge in [0.05, 0.1) is 18.6 Å².